The van der Waals surface area contributed by atoms with Crippen molar-refractivity contribution in [2.24, 2.45) is 5.73 Å². The third-order valence-corrected chi connectivity index (χ3v) is 4.85. The number of hydrogen-bond acceptors (Lipinski definition) is 7. The van der Waals surface area contributed by atoms with Gasteiger partial charge < -0.3 is 15.4 Å². The van der Waals surface area contributed by atoms with E-state index in [0.717, 1.165) is 0 Å². The van der Waals surface area contributed by atoms with Gasteiger partial charge >= 0.3 is 6.09 Å². The maximum Gasteiger partial charge on any atom is 0.421 e. The number of carbonyl (C=O) groups is 1. The van der Waals surface area contributed by atoms with Crippen molar-refractivity contribution in [3.63, 3.8) is 0 Å². The van der Waals surface area contributed by atoms with Crippen LogP contribution in [0, 0.1) is 0 Å². The smallest absolute Gasteiger partial charge is 0.421 e. The molecule has 0 saturated heterocycles. The van der Waals surface area contributed by atoms with Crippen LogP contribution in [0.25, 0.3) is 11.4 Å². The summed E-state index contributed by atoms with van der Waals surface area (Å²) in [7, 11) is -4.16. The van der Waals surface area contributed by atoms with E-state index in [9.17, 15) is 13.2 Å². The molecule has 0 bridgehead atoms. The van der Waals surface area contributed by atoms with Crippen molar-refractivity contribution in [1.29, 1.82) is 0 Å². The van der Waals surface area contributed by atoms with Gasteiger partial charge in [0.1, 0.15) is 0 Å². The molecule has 0 fully saturated rings. The molecule has 0 unspecified atom stereocenters. The normalized spacial score (nSPS) is 11.4. The van der Waals surface area contributed by atoms with Crippen LogP contribution in [-0.4, -0.2) is 47.2 Å². The first-order valence-electron chi connectivity index (χ1n) is 6.79. The lowest BCUT2D eigenvalue weighted by Crippen LogP contribution is -2.35. The molecule has 1 aromatic heterocycles. The fourth-order valence-corrected chi connectivity index (χ4v) is 3.25. The Bertz CT molecular complexity index is 802. The van der Waals surface area contributed by atoms with Gasteiger partial charge in [-0.25, -0.2) is 17.5 Å². The third-order valence-electron chi connectivity index (χ3n) is 3.01. The molecule has 0 atom stereocenters. The van der Waals surface area contributed by atoms with Gasteiger partial charge in [0.25, 0.3) is 10.0 Å². The highest BCUT2D eigenvalue weighted by Gasteiger charge is 2.28. The number of benzene rings is 1. The highest BCUT2D eigenvalue weighted by atomic mass is 32.2. The Morgan fingerprint density at radius 2 is 2.17 bits per heavy atom. The van der Waals surface area contributed by atoms with E-state index in [0.29, 0.717) is 28.7 Å². The molecule has 0 aliphatic heterocycles. The van der Waals surface area contributed by atoms with Gasteiger partial charge in [-0.05, 0) is 19.1 Å². The number of sulfonamides is 1. The molecule has 0 aliphatic rings. The van der Waals surface area contributed by atoms with Crippen molar-refractivity contribution >= 4 is 16.1 Å². The third kappa shape index (κ3) is 3.48. The zero-order valence-corrected chi connectivity index (χ0v) is 13.2. The molecule has 2 aromatic rings. The van der Waals surface area contributed by atoms with E-state index in [1.54, 1.807) is 6.07 Å². The van der Waals surface area contributed by atoms with Crippen molar-refractivity contribution < 1.29 is 22.8 Å². The second-order valence-corrected chi connectivity index (χ2v) is 6.39. The van der Waals surface area contributed by atoms with Crippen molar-refractivity contribution in [2.75, 3.05) is 13.1 Å². The fourth-order valence-electron chi connectivity index (χ4n) is 1.93. The van der Waals surface area contributed by atoms with Crippen LogP contribution in [-0.2, 0) is 16.4 Å². The van der Waals surface area contributed by atoms with Crippen molar-refractivity contribution in [1.82, 2.24) is 14.4 Å². The Hall–Kier alpha value is -2.46. The monoisotopic (exact) mass is 340 g/mol. The van der Waals surface area contributed by atoms with E-state index in [4.69, 9.17) is 15.4 Å². The largest absolute Gasteiger partial charge is 0.464 e. The molecule has 0 saturated carbocycles. The lowest BCUT2D eigenvalue weighted by atomic mass is 10.2. The molecule has 23 heavy (non-hydrogen) atoms. The molecular formula is C13H16N4O5S. The number of rotatable bonds is 6. The standard InChI is InChI=1S/C13H16N4O5S/c1-2-17(13(18)19)23(20,21)10-5-3-4-9(8-10)12-15-11(6-7-14)22-16-12/h3-5,8H,2,6-7,14H2,1H3,(H,18,19). The van der Waals surface area contributed by atoms with Gasteiger partial charge in [0.05, 0.1) is 4.90 Å². The fraction of sp³-hybridized carbons (Fsp3) is 0.308. The van der Waals surface area contributed by atoms with Crippen LogP contribution in [0.5, 0.6) is 0 Å². The second kappa shape index (κ2) is 6.75. The summed E-state index contributed by atoms with van der Waals surface area (Å²) in [6.45, 7) is 1.60. The number of hydrogen-bond donors (Lipinski definition) is 2. The van der Waals surface area contributed by atoms with Gasteiger partial charge in [0.2, 0.25) is 11.7 Å². The van der Waals surface area contributed by atoms with Crippen LogP contribution in [0.2, 0.25) is 0 Å². The van der Waals surface area contributed by atoms with Crippen LogP contribution in [0.3, 0.4) is 0 Å². The van der Waals surface area contributed by atoms with Gasteiger partial charge in [0, 0.05) is 25.1 Å². The quantitative estimate of drug-likeness (QED) is 0.791. The van der Waals surface area contributed by atoms with E-state index in [-0.39, 0.29) is 17.3 Å². The van der Waals surface area contributed by atoms with E-state index < -0.39 is 16.1 Å². The second-order valence-electron chi connectivity index (χ2n) is 4.53. The first-order chi connectivity index (χ1) is 10.9. The lowest BCUT2D eigenvalue weighted by Gasteiger charge is -2.17. The van der Waals surface area contributed by atoms with Gasteiger partial charge in [-0.1, -0.05) is 17.3 Å². The average Bonchev–Trinajstić information content (AvgIpc) is 2.96. The van der Waals surface area contributed by atoms with E-state index in [2.05, 4.69) is 10.1 Å². The molecule has 2 rings (SSSR count). The number of carboxylic acid groups (broad SMARTS) is 1. The Morgan fingerprint density at radius 3 is 2.78 bits per heavy atom. The lowest BCUT2D eigenvalue weighted by molar-refractivity contribution is 0.173. The summed E-state index contributed by atoms with van der Waals surface area (Å²) in [5.41, 5.74) is 5.80. The Morgan fingerprint density at radius 1 is 1.43 bits per heavy atom. The predicted octanol–water partition coefficient (Wildman–Crippen LogP) is 0.926. The molecular weight excluding hydrogens is 324 g/mol. The summed E-state index contributed by atoms with van der Waals surface area (Å²) in [6.07, 6.45) is -1.13. The van der Waals surface area contributed by atoms with Crippen LogP contribution >= 0.6 is 0 Å². The van der Waals surface area contributed by atoms with Crippen LogP contribution in [0.1, 0.15) is 12.8 Å². The van der Waals surface area contributed by atoms with Crippen molar-refractivity contribution in [3.05, 3.63) is 30.2 Å². The van der Waals surface area contributed by atoms with Crippen molar-refractivity contribution in [2.45, 2.75) is 18.2 Å². The van der Waals surface area contributed by atoms with Gasteiger partial charge in [0.15, 0.2) is 0 Å². The molecule has 0 radical (unpaired) electrons. The van der Waals surface area contributed by atoms with E-state index in [1.165, 1.54) is 25.1 Å². The summed E-state index contributed by atoms with van der Waals surface area (Å²) in [6, 6.07) is 5.70. The minimum absolute atomic E-state index is 0.163. The Balaban J connectivity index is 2.41. The average molecular weight is 340 g/mol. The molecule has 9 nitrogen and oxygen atoms in total. The van der Waals surface area contributed by atoms with E-state index >= 15 is 0 Å². The maximum absolute atomic E-state index is 12.4. The SMILES string of the molecule is CCN(C(=O)O)S(=O)(=O)c1cccc(-c2noc(CCN)n2)c1. The molecule has 1 aromatic carbocycles. The van der Waals surface area contributed by atoms with Crippen LogP contribution < -0.4 is 5.73 Å². The van der Waals surface area contributed by atoms with Crippen LogP contribution in [0.15, 0.2) is 33.7 Å². The summed E-state index contributed by atoms with van der Waals surface area (Å²) in [5.74, 6) is 0.556. The minimum atomic E-state index is -4.16. The Kier molecular flexibility index (Phi) is 4.96. The van der Waals surface area contributed by atoms with Gasteiger partial charge in [-0.3, -0.25) is 0 Å². The van der Waals surface area contributed by atoms with Gasteiger partial charge in [-0.15, -0.1) is 0 Å². The zero-order chi connectivity index (χ0) is 17.0. The highest BCUT2D eigenvalue weighted by molar-refractivity contribution is 7.89. The van der Waals surface area contributed by atoms with Crippen LogP contribution in [0.4, 0.5) is 4.79 Å². The predicted molar refractivity (Wildman–Crippen MR) is 80.1 cm³/mol. The minimum Gasteiger partial charge on any atom is -0.464 e. The zero-order valence-electron chi connectivity index (χ0n) is 12.3. The topological polar surface area (TPSA) is 140 Å². The van der Waals surface area contributed by atoms with E-state index in [1.807, 2.05) is 0 Å². The first-order valence-corrected chi connectivity index (χ1v) is 8.23. The Labute approximate surface area is 132 Å². The summed E-state index contributed by atoms with van der Waals surface area (Å²) < 4.78 is 30.1. The summed E-state index contributed by atoms with van der Waals surface area (Å²) >= 11 is 0. The number of nitrogens with two attached hydrogens (primary N) is 1. The van der Waals surface area contributed by atoms with Crippen molar-refractivity contribution in [3.8, 4) is 11.4 Å². The molecule has 10 heteroatoms. The molecule has 0 aliphatic carbocycles. The number of amides is 1. The molecule has 0 spiro atoms. The molecule has 1 heterocycles. The highest BCUT2D eigenvalue weighted by Crippen LogP contribution is 2.22. The first kappa shape index (κ1) is 16.9. The molecule has 3 N–H and O–H groups in total. The summed E-state index contributed by atoms with van der Waals surface area (Å²) in [4.78, 5) is 15.0. The van der Waals surface area contributed by atoms with Gasteiger partial charge in [-0.2, -0.15) is 4.98 Å². The molecule has 1 amide bonds. The maximum atomic E-state index is 12.4. The summed E-state index contributed by atoms with van der Waals surface area (Å²) in [5, 5.41) is 12.8. The number of nitrogens with zero attached hydrogens (tertiary/aromatic N) is 3. The number of aromatic nitrogens is 2. The molecule has 124 valence electrons.